The third kappa shape index (κ3) is 5.53. The molecule has 0 radical (unpaired) electrons. The molecule has 12 heteroatoms. The molecule has 0 unspecified atom stereocenters. The summed E-state index contributed by atoms with van der Waals surface area (Å²) in [6, 6.07) is 1.94. The Bertz CT molecular complexity index is 1360. The number of rotatable bonds is 9. The predicted molar refractivity (Wildman–Crippen MR) is 137 cm³/mol. The number of anilines is 1. The van der Waals surface area contributed by atoms with Crippen LogP contribution in [0.5, 0.6) is 0 Å². The molecule has 0 spiro atoms. The first kappa shape index (κ1) is 28.7. The Morgan fingerprint density at radius 2 is 1.75 bits per heavy atom. The summed E-state index contributed by atoms with van der Waals surface area (Å²) >= 11 is 0. The van der Waals surface area contributed by atoms with Crippen LogP contribution in [-0.4, -0.2) is 77.4 Å². The van der Waals surface area contributed by atoms with Gasteiger partial charge in [-0.25, -0.2) is 26.3 Å². The lowest BCUT2D eigenvalue weighted by atomic mass is 9.87. The topological polar surface area (TPSA) is 54.5 Å². The van der Waals surface area contributed by atoms with E-state index >= 15 is 8.78 Å². The van der Waals surface area contributed by atoms with Gasteiger partial charge >= 0.3 is 0 Å². The maximum absolute atomic E-state index is 15.8. The maximum Gasteiger partial charge on any atom is 0.283 e. The van der Waals surface area contributed by atoms with Gasteiger partial charge in [0.15, 0.2) is 11.6 Å². The fourth-order valence-corrected chi connectivity index (χ4v) is 6.03. The van der Waals surface area contributed by atoms with Crippen LogP contribution in [0.1, 0.15) is 42.6 Å². The number of halogens is 7. The van der Waals surface area contributed by atoms with Crippen molar-refractivity contribution in [3.63, 3.8) is 0 Å². The summed E-state index contributed by atoms with van der Waals surface area (Å²) in [4.78, 5) is 6.16. The van der Waals surface area contributed by atoms with Crippen LogP contribution in [0.2, 0.25) is 0 Å². The second-order valence-corrected chi connectivity index (χ2v) is 10.8. The molecule has 1 fully saturated rings. The van der Waals surface area contributed by atoms with Crippen molar-refractivity contribution in [1.82, 2.24) is 14.8 Å². The van der Waals surface area contributed by atoms with Gasteiger partial charge in [0.1, 0.15) is 18.2 Å². The average molecular weight is 573 g/mol. The number of nitrogens with one attached hydrogen (secondary N) is 2. The van der Waals surface area contributed by atoms with Crippen LogP contribution in [0.3, 0.4) is 0 Å². The number of benzene rings is 2. The summed E-state index contributed by atoms with van der Waals surface area (Å²) in [6.45, 7) is 0.613. The van der Waals surface area contributed by atoms with E-state index in [2.05, 4.69) is 15.2 Å². The number of hydrogen-bond acceptors (Lipinski definition) is 4. The van der Waals surface area contributed by atoms with Gasteiger partial charge in [-0.2, -0.15) is 0 Å². The standard InChI is InChI=1S/C28H31F7N4O/c1-15-7-19-18-10-20(30)21(31)11-24(18)37-26(19)27(39(15)13-28(34,35)14-40)25-22(32)8-17(9-23(25)33)36-16-3-6-38(12-16)5-2-4-29/h8-11,15-16,27,36-37,40H,2-7,12-14H2,1H3/t15-,16+,27-/m1/s1. The van der Waals surface area contributed by atoms with E-state index in [4.69, 9.17) is 0 Å². The summed E-state index contributed by atoms with van der Waals surface area (Å²) in [5, 5.41) is 12.6. The number of nitrogens with zero attached hydrogens (tertiary/aromatic N) is 2. The van der Waals surface area contributed by atoms with Crippen molar-refractivity contribution in [3.8, 4) is 0 Å². The molecule has 218 valence electrons. The minimum Gasteiger partial charge on any atom is -0.390 e. The quantitative estimate of drug-likeness (QED) is 0.295. The van der Waals surface area contributed by atoms with Gasteiger partial charge in [0.25, 0.3) is 5.92 Å². The maximum atomic E-state index is 15.8. The minimum atomic E-state index is -3.57. The van der Waals surface area contributed by atoms with Crippen molar-refractivity contribution in [2.24, 2.45) is 0 Å². The molecule has 3 aromatic rings. The number of hydrogen-bond donors (Lipinski definition) is 3. The highest BCUT2D eigenvalue weighted by Gasteiger charge is 2.43. The molecule has 3 heterocycles. The number of aromatic nitrogens is 1. The fourth-order valence-electron chi connectivity index (χ4n) is 6.03. The number of aromatic amines is 1. The van der Waals surface area contributed by atoms with Crippen LogP contribution >= 0.6 is 0 Å². The van der Waals surface area contributed by atoms with Gasteiger partial charge in [-0.1, -0.05) is 0 Å². The molecular weight excluding hydrogens is 541 g/mol. The highest BCUT2D eigenvalue weighted by atomic mass is 19.3. The van der Waals surface area contributed by atoms with E-state index in [0.29, 0.717) is 36.9 Å². The number of aliphatic hydroxyl groups excluding tert-OH is 1. The van der Waals surface area contributed by atoms with Crippen molar-refractivity contribution in [3.05, 3.63) is 64.4 Å². The van der Waals surface area contributed by atoms with Crippen LogP contribution in [0.25, 0.3) is 10.9 Å². The lowest BCUT2D eigenvalue weighted by molar-refractivity contribution is -0.0869. The van der Waals surface area contributed by atoms with E-state index < -0.39 is 66.7 Å². The second kappa shape index (κ2) is 11.2. The Kier molecular flexibility index (Phi) is 8.04. The molecule has 5 nitrogen and oxygen atoms in total. The third-order valence-corrected chi connectivity index (χ3v) is 7.90. The zero-order valence-corrected chi connectivity index (χ0v) is 21.9. The normalized spacial score (nSPS) is 22.3. The lowest BCUT2D eigenvalue weighted by Crippen LogP contribution is -2.49. The van der Waals surface area contributed by atoms with Crippen LogP contribution in [0.4, 0.5) is 36.4 Å². The average Bonchev–Trinajstić information content (AvgIpc) is 3.48. The lowest BCUT2D eigenvalue weighted by Gasteiger charge is -2.42. The first-order valence-corrected chi connectivity index (χ1v) is 13.3. The predicted octanol–water partition coefficient (Wildman–Crippen LogP) is 5.53. The summed E-state index contributed by atoms with van der Waals surface area (Å²) in [5.41, 5.74) is 0.471. The van der Waals surface area contributed by atoms with Gasteiger partial charge in [0.2, 0.25) is 0 Å². The minimum absolute atomic E-state index is 0.108. The molecule has 0 amide bonds. The highest BCUT2D eigenvalue weighted by molar-refractivity contribution is 5.85. The number of fused-ring (bicyclic) bond motifs is 3. The molecule has 1 saturated heterocycles. The highest BCUT2D eigenvalue weighted by Crippen LogP contribution is 2.44. The monoisotopic (exact) mass is 572 g/mol. The molecular formula is C28H31F7N4O. The first-order valence-electron chi connectivity index (χ1n) is 13.3. The van der Waals surface area contributed by atoms with Gasteiger partial charge in [0, 0.05) is 65.6 Å². The molecule has 3 N–H and O–H groups in total. The first-order chi connectivity index (χ1) is 19.0. The van der Waals surface area contributed by atoms with Gasteiger partial charge in [-0.3, -0.25) is 9.29 Å². The van der Waals surface area contributed by atoms with Gasteiger partial charge in [-0.05, 0) is 49.9 Å². The summed E-state index contributed by atoms with van der Waals surface area (Å²) in [7, 11) is 0. The van der Waals surface area contributed by atoms with E-state index in [0.717, 1.165) is 30.8 Å². The zero-order chi connectivity index (χ0) is 28.8. The Labute approximate surface area is 226 Å². The van der Waals surface area contributed by atoms with E-state index in [1.54, 1.807) is 6.92 Å². The Morgan fingerprint density at radius 3 is 2.42 bits per heavy atom. The molecule has 0 aliphatic carbocycles. The molecule has 2 aromatic carbocycles. The molecule has 0 bridgehead atoms. The summed E-state index contributed by atoms with van der Waals surface area (Å²) < 4.78 is 101. The smallest absolute Gasteiger partial charge is 0.283 e. The van der Waals surface area contributed by atoms with Crippen LogP contribution in [0.15, 0.2) is 24.3 Å². The van der Waals surface area contributed by atoms with Gasteiger partial charge in [-0.15, -0.1) is 0 Å². The fraction of sp³-hybridized carbons (Fsp3) is 0.500. The molecule has 1 aromatic heterocycles. The van der Waals surface area contributed by atoms with Gasteiger partial charge in [0.05, 0.1) is 19.3 Å². The van der Waals surface area contributed by atoms with Crippen LogP contribution in [-0.2, 0) is 6.42 Å². The molecule has 40 heavy (non-hydrogen) atoms. The zero-order valence-electron chi connectivity index (χ0n) is 21.9. The Balaban J connectivity index is 1.54. The van der Waals surface area contributed by atoms with Gasteiger partial charge < -0.3 is 20.3 Å². The molecule has 3 atom stereocenters. The van der Waals surface area contributed by atoms with E-state index in [-0.39, 0.29) is 29.4 Å². The number of alkyl halides is 3. The van der Waals surface area contributed by atoms with Crippen molar-refractivity contribution >= 4 is 16.6 Å². The van der Waals surface area contributed by atoms with Crippen molar-refractivity contribution in [2.75, 3.05) is 44.8 Å². The Hall–Kier alpha value is -2.83. The summed E-state index contributed by atoms with van der Waals surface area (Å²) in [5.74, 6) is -7.75. The number of likely N-dealkylation sites (tertiary alicyclic amines) is 1. The Morgan fingerprint density at radius 1 is 1.05 bits per heavy atom. The largest absolute Gasteiger partial charge is 0.390 e. The SMILES string of the molecule is C[C@@H]1Cc2c([nH]c3cc(F)c(F)cc23)[C@@H](c2c(F)cc(N[C@H]3CCN(CCCF)C3)cc2F)N1CC(F)(F)CO. The van der Waals surface area contributed by atoms with Crippen LogP contribution in [0, 0.1) is 23.3 Å². The van der Waals surface area contributed by atoms with E-state index in [1.165, 1.54) is 4.90 Å². The van der Waals surface area contributed by atoms with Crippen LogP contribution < -0.4 is 5.32 Å². The molecule has 0 saturated carbocycles. The second-order valence-electron chi connectivity index (χ2n) is 10.8. The number of H-pyrrole nitrogens is 1. The molecule has 2 aliphatic heterocycles. The molecule has 5 rings (SSSR count). The van der Waals surface area contributed by atoms with Crippen molar-refractivity contribution < 1.29 is 35.8 Å². The van der Waals surface area contributed by atoms with E-state index in [9.17, 15) is 27.1 Å². The van der Waals surface area contributed by atoms with Crippen molar-refractivity contribution in [1.29, 1.82) is 0 Å². The van der Waals surface area contributed by atoms with Crippen molar-refractivity contribution in [2.45, 2.75) is 50.2 Å². The molecule has 2 aliphatic rings. The third-order valence-electron chi connectivity index (χ3n) is 7.90. The number of aliphatic hydroxyl groups is 1. The summed E-state index contributed by atoms with van der Waals surface area (Å²) in [6.07, 6.45) is 1.24. The van der Waals surface area contributed by atoms with E-state index in [1.807, 2.05) is 0 Å².